The predicted octanol–water partition coefficient (Wildman–Crippen LogP) is 0.897. The molecule has 1 N–H and O–H groups in total. The van der Waals surface area contributed by atoms with Crippen molar-refractivity contribution in [3.8, 4) is 0 Å². The van der Waals surface area contributed by atoms with Crippen molar-refractivity contribution in [1.29, 1.82) is 0 Å². The van der Waals surface area contributed by atoms with Crippen molar-refractivity contribution in [3.63, 3.8) is 0 Å². The van der Waals surface area contributed by atoms with Gasteiger partial charge in [-0.05, 0) is 25.5 Å². The molecule has 0 aliphatic heterocycles. The summed E-state index contributed by atoms with van der Waals surface area (Å²) in [5.74, 6) is -0.922. The van der Waals surface area contributed by atoms with Gasteiger partial charge in [-0.15, -0.1) is 0 Å². The third kappa shape index (κ3) is 3.27. The Balaban J connectivity index is 2.58. The van der Waals surface area contributed by atoms with Crippen LogP contribution in [0.3, 0.4) is 0 Å². The molecule has 0 atom stereocenters. The summed E-state index contributed by atoms with van der Waals surface area (Å²) in [4.78, 5) is 27.1. The molecule has 0 aliphatic rings. The minimum absolute atomic E-state index is 0.340. The molecule has 0 spiro atoms. The molecule has 92 valence electrons. The standard InChI is InChI=1S/C12H16N2O3/c1-12(2,11(16)17-3)10(15)14-8-9-5-4-6-13-7-9/h4-7H,8H2,1-3H3,(H,14,15). The van der Waals surface area contributed by atoms with Crippen LogP contribution in [0, 0.1) is 5.41 Å². The van der Waals surface area contributed by atoms with Crippen LogP contribution in [-0.4, -0.2) is 24.0 Å². The first-order valence-electron chi connectivity index (χ1n) is 5.24. The van der Waals surface area contributed by atoms with Crippen LogP contribution in [0.5, 0.6) is 0 Å². The van der Waals surface area contributed by atoms with Crippen LogP contribution in [-0.2, 0) is 20.9 Å². The third-order valence-electron chi connectivity index (χ3n) is 2.44. The van der Waals surface area contributed by atoms with E-state index in [9.17, 15) is 9.59 Å². The molecule has 0 unspecified atom stereocenters. The Hall–Kier alpha value is -1.91. The third-order valence-corrected chi connectivity index (χ3v) is 2.44. The molecular formula is C12H16N2O3. The molecule has 0 bridgehead atoms. The number of ether oxygens (including phenoxy) is 1. The van der Waals surface area contributed by atoms with Crippen LogP contribution in [0.25, 0.3) is 0 Å². The Bertz CT molecular complexity index is 401. The number of carbonyl (C=O) groups excluding carboxylic acids is 2. The van der Waals surface area contributed by atoms with Gasteiger partial charge in [0.2, 0.25) is 5.91 Å². The number of carbonyl (C=O) groups is 2. The first-order chi connectivity index (χ1) is 7.98. The number of nitrogens with one attached hydrogen (secondary N) is 1. The van der Waals surface area contributed by atoms with E-state index in [0.29, 0.717) is 6.54 Å². The van der Waals surface area contributed by atoms with E-state index >= 15 is 0 Å². The van der Waals surface area contributed by atoms with Gasteiger partial charge in [-0.2, -0.15) is 0 Å². The molecule has 1 rings (SSSR count). The fourth-order valence-electron chi connectivity index (χ4n) is 1.25. The Morgan fingerprint density at radius 3 is 2.71 bits per heavy atom. The lowest BCUT2D eigenvalue weighted by molar-refractivity contribution is -0.156. The van der Waals surface area contributed by atoms with Crippen molar-refractivity contribution in [1.82, 2.24) is 10.3 Å². The predicted molar refractivity (Wildman–Crippen MR) is 61.9 cm³/mol. The van der Waals surface area contributed by atoms with Crippen LogP contribution >= 0.6 is 0 Å². The maximum atomic E-state index is 11.8. The van der Waals surface area contributed by atoms with E-state index in [1.54, 1.807) is 18.5 Å². The number of hydrogen-bond donors (Lipinski definition) is 1. The summed E-state index contributed by atoms with van der Waals surface area (Å²) >= 11 is 0. The van der Waals surface area contributed by atoms with Gasteiger partial charge in [0.25, 0.3) is 0 Å². The second kappa shape index (κ2) is 5.43. The summed E-state index contributed by atoms with van der Waals surface area (Å²) in [5.41, 5.74) is -0.307. The first kappa shape index (κ1) is 13.2. The summed E-state index contributed by atoms with van der Waals surface area (Å²) in [7, 11) is 1.26. The molecule has 1 aromatic heterocycles. The van der Waals surface area contributed by atoms with Crippen LogP contribution < -0.4 is 5.32 Å². The van der Waals surface area contributed by atoms with Gasteiger partial charge in [-0.1, -0.05) is 6.07 Å². The largest absolute Gasteiger partial charge is 0.468 e. The van der Waals surface area contributed by atoms with Gasteiger partial charge in [0.15, 0.2) is 0 Å². The van der Waals surface area contributed by atoms with Crippen LogP contribution in [0.15, 0.2) is 24.5 Å². The molecule has 0 aliphatic carbocycles. The Labute approximate surface area is 100 Å². The summed E-state index contributed by atoms with van der Waals surface area (Å²) in [6.45, 7) is 3.39. The minimum Gasteiger partial charge on any atom is -0.468 e. The van der Waals surface area contributed by atoms with E-state index in [2.05, 4.69) is 15.0 Å². The molecule has 5 nitrogen and oxygen atoms in total. The van der Waals surface area contributed by atoms with Crippen LogP contribution in [0.1, 0.15) is 19.4 Å². The van der Waals surface area contributed by atoms with E-state index in [1.165, 1.54) is 21.0 Å². The van der Waals surface area contributed by atoms with E-state index in [4.69, 9.17) is 0 Å². The molecule has 0 saturated heterocycles. The number of nitrogens with zero attached hydrogens (tertiary/aromatic N) is 1. The van der Waals surface area contributed by atoms with Gasteiger partial charge < -0.3 is 10.1 Å². The average molecular weight is 236 g/mol. The van der Waals surface area contributed by atoms with Crippen molar-refractivity contribution in [2.24, 2.45) is 5.41 Å². The molecule has 1 aromatic rings. The summed E-state index contributed by atoms with van der Waals surface area (Å²) in [5, 5.41) is 2.67. The fourth-order valence-corrected chi connectivity index (χ4v) is 1.25. The van der Waals surface area contributed by atoms with Gasteiger partial charge in [-0.25, -0.2) is 0 Å². The van der Waals surface area contributed by atoms with Crippen molar-refractivity contribution in [2.75, 3.05) is 7.11 Å². The first-order valence-corrected chi connectivity index (χ1v) is 5.24. The zero-order chi connectivity index (χ0) is 12.9. The van der Waals surface area contributed by atoms with E-state index < -0.39 is 11.4 Å². The minimum atomic E-state index is -1.18. The average Bonchev–Trinajstić information content (AvgIpc) is 2.35. The lowest BCUT2D eigenvalue weighted by atomic mass is 9.92. The molecule has 17 heavy (non-hydrogen) atoms. The van der Waals surface area contributed by atoms with Gasteiger partial charge >= 0.3 is 5.97 Å². The number of esters is 1. The highest BCUT2D eigenvalue weighted by Gasteiger charge is 2.36. The van der Waals surface area contributed by atoms with Crippen molar-refractivity contribution in [2.45, 2.75) is 20.4 Å². The lowest BCUT2D eigenvalue weighted by Gasteiger charge is -2.20. The van der Waals surface area contributed by atoms with Gasteiger partial charge in [-0.3, -0.25) is 14.6 Å². The molecular weight excluding hydrogens is 220 g/mol. The number of hydrogen-bond acceptors (Lipinski definition) is 4. The summed E-state index contributed by atoms with van der Waals surface area (Å²) < 4.78 is 4.58. The topological polar surface area (TPSA) is 68.3 Å². The second-order valence-corrected chi connectivity index (χ2v) is 4.16. The number of pyridine rings is 1. The Kier molecular flexibility index (Phi) is 4.20. The second-order valence-electron chi connectivity index (χ2n) is 4.16. The van der Waals surface area contributed by atoms with E-state index in [0.717, 1.165) is 5.56 Å². The van der Waals surface area contributed by atoms with Gasteiger partial charge in [0.05, 0.1) is 7.11 Å². The smallest absolute Gasteiger partial charge is 0.320 e. The maximum Gasteiger partial charge on any atom is 0.320 e. The molecule has 5 heteroatoms. The molecule has 0 aromatic carbocycles. The monoisotopic (exact) mass is 236 g/mol. The zero-order valence-electron chi connectivity index (χ0n) is 10.2. The Morgan fingerprint density at radius 2 is 2.18 bits per heavy atom. The molecule has 0 saturated carbocycles. The highest BCUT2D eigenvalue weighted by molar-refractivity contribution is 6.01. The molecule has 1 amide bonds. The number of rotatable bonds is 4. The van der Waals surface area contributed by atoms with Crippen molar-refractivity contribution in [3.05, 3.63) is 30.1 Å². The van der Waals surface area contributed by atoms with Gasteiger partial charge in [0, 0.05) is 18.9 Å². The highest BCUT2D eigenvalue weighted by atomic mass is 16.5. The van der Waals surface area contributed by atoms with Crippen molar-refractivity contribution >= 4 is 11.9 Å². The zero-order valence-corrected chi connectivity index (χ0v) is 10.2. The number of aromatic nitrogens is 1. The quantitative estimate of drug-likeness (QED) is 0.623. The van der Waals surface area contributed by atoms with E-state index in [-0.39, 0.29) is 5.91 Å². The fraction of sp³-hybridized carbons (Fsp3) is 0.417. The number of amides is 1. The summed E-state index contributed by atoms with van der Waals surface area (Å²) in [6.07, 6.45) is 3.31. The van der Waals surface area contributed by atoms with Crippen LogP contribution in [0.2, 0.25) is 0 Å². The van der Waals surface area contributed by atoms with Crippen molar-refractivity contribution < 1.29 is 14.3 Å². The Morgan fingerprint density at radius 1 is 1.47 bits per heavy atom. The summed E-state index contributed by atoms with van der Waals surface area (Å²) in [6, 6.07) is 3.63. The van der Waals surface area contributed by atoms with Gasteiger partial charge in [0.1, 0.15) is 5.41 Å². The highest BCUT2D eigenvalue weighted by Crippen LogP contribution is 2.17. The van der Waals surface area contributed by atoms with Crippen LogP contribution in [0.4, 0.5) is 0 Å². The molecule has 0 radical (unpaired) electrons. The lowest BCUT2D eigenvalue weighted by Crippen LogP contribution is -2.42. The molecule has 1 heterocycles. The maximum absolute atomic E-state index is 11.8. The normalized spacial score (nSPS) is 10.8. The molecule has 0 fully saturated rings. The number of methoxy groups -OCH3 is 1. The SMILES string of the molecule is COC(=O)C(C)(C)C(=O)NCc1cccnc1. The van der Waals surface area contributed by atoms with E-state index in [1.807, 2.05) is 6.07 Å².